The summed E-state index contributed by atoms with van der Waals surface area (Å²) in [6.45, 7) is 1.73. The van der Waals surface area contributed by atoms with Gasteiger partial charge in [0.05, 0.1) is 21.1 Å². The molecule has 2 rings (SSSR count). The fourth-order valence-electron chi connectivity index (χ4n) is 1.56. The minimum absolute atomic E-state index is 0.120. The summed E-state index contributed by atoms with van der Waals surface area (Å²) in [5.74, 6) is -1.04. The van der Waals surface area contributed by atoms with E-state index in [-0.39, 0.29) is 10.6 Å². The van der Waals surface area contributed by atoms with Crippen LogP contribution in [0.4, 0.5) is 0 Å². The van der Waals surface area contributed by atoms with Crippen LogP contribution in [0.15, 0.2) is 18.2 Å². The second-order valence-electron chi connectivity index (χ2n) is 3.37. The normalized spacial score (nSPS) is 10.7. The van der Waals surface area contributed by atoms with Crippen LogP contribution in [0, 0.1) is 6.92 Å². The van der Waals surface area contributed by atoms with E-state index in [1.165, 1.54) is 6.07 Å². The Morgan fingerprint density at radius 1 is 1.38 bits per heavy atom. The summed E-state index contributed by atoms with van der Waals surface area (Å²) >= 11 is 11.8. The number of halogens is 2. The molecule has 16 heavy (non-hydrogen) atoms. The van der Waals surface area contributed by atoms with Gasteiger partial charge in [0.2, 0.25) is 0 Å². The lowest BCUT2D eigenvalue weighted by Gasteiger charge is -2.06. The zero-order valence-corrected chi connectivity index (χ0v) is 9.80. The first-order valence-electron chi connectivity index (χ1n) is 4.49. The molecule has 0 aliphatic carbocycles. The zero-order chi connectivity index (χ0) is 11.9. The number of benzene rings is 1. The van der Waals surface area contributed by atoms with Crippen molar-refractivity contribution in [3.8, 4) is 0 Å². The minimum Gasteiger partial charge on any atom is -0.478 e. The molecular formula is C11H7Cl2NO2. The number of carbonyl (C=O) groups is 1. The number of aromatic carboxylic acids is 1. The highest BCUT2D eigenvalue weighted by Crippen LogP contribution is 2.32. The monoisotopic (exact) mass is 255 g/mol. The molecule has 0 amide bonds. The largest absolute Gasteiger partial charge is 0.478 e. The summed E-state index contributed by atoms with van der Waals surface area (Å²) in [5.41, 5.74) is 1.28. The van der Waals surface area contributed by atoms with Crippen LogP contribution < -0.4 is 0 Å². The first-order chi connectivity index (χ1) is 7.50. The standard InChI is InChI=1S/C11H7Cl2NO2/c1-5-4-6(11(15)16)9-8(14-5)3-2-7(12)10(9)13/h2-4H,1H3,(H,15,16). The third kappa shape index (κ3) is 1.72. The molecule has 0 unspecified atom stereocenters. The number of carboxylic acid groups (broad SMARTS) is 1. The van der Waals surface area contributed by atoms with Gasteiger partial charge in [-0.1, -0.05) is 23.2 Å². The molecule has 0 aliphatic heterocycles. The third-order valence-electron chi connectivity index (χ3n) is 2.22. The highest BCUT2D eigenvalue weighted by atomic mass is 35.5. The molecule has 1 N–H and O–H groups in total. The average molecular weight is 256 g/mol. The lowest BCUT2D eigenvalue weighted by molar-refractivity contribution is 0.0699. The number of aromatic nitrogens is 1. The Balaban J connectivity index is 2.97. The van der Waals surface area contributed by atoms with Gasteiger partial charge in [0.1, 0.15) is 0 Å². The lowest BCUT2D eigenvalue weighted by Crippen LogP contribution is -2.00. The van der Waals surface area contributed by atoms with Crippen molar-refractivity contribution in [2.45, 2.75) is 6.92 Å². The van der Waals surface area contributed by atoms with Crippen LogP contribution in [0.2, 0.25) is 10.0 Å². The maximum atomic E-state index is 11.1. The number of pyridine rings is 1. The maximum Gasteiger partial charge on any atom is 0.336 e. The van der Waals surface area contributed by atoms with Gasteiger partial charge >= 0.3 is 5.97 Å². The molecule has 0 fully saturated rings. The topological polar surface area (TPSA) is 50.2 Å². The van der Waals surface area contributed by atoms with Crippen molar-refractivity contribution in [3.05, 3.63) is 39.5 Å². The van der Waals surface area contributed by atoms with E-state index < -0.39 is 5.97 Å². The smallest absolute Gasteiger partial charge is 0.336 e. The van der Waals surface area contributed by atoms with Gasteiger partial charge in [-0.3, -0.25) is 4.98 Å². The fourth-order valence-corrected chi connectivity index (χ4v) is 1.98. The van der Waals surface area contributed by atoms with Crippen molar-refractivity contribution in [1.82, 2.24) is 4.98 Å². The summed E-state index contributed by atoms with van der Waals surface area (Å²) in [5, 5.41) is 10.0. The molecule has 0 saturated carbocycles. The highest BCUT2D eigenvalue weighted by Gasteiger charge is 2.15. The second kappa shape index (κ2) is 3.92. The lowest BCUT2D eigenvalue weighted by atomic mass is 10.1. The molecule has 82 valence electrons. The molecular weight excluding hydrogens is 249 g/mol. The molecule has 0 bridgehead atoms. The molecule has 0 aliphatic rings. The molecule has 3 nitrogen and oxygen atoms in total. The number of carboxylic acids is 1. The predicted molar refractivity (Wildman–Crippen MR) is 63.5 cm³/mol. The number of aryl methyl sites for hydroxylation is 1. The molecule has 1 aromatic carbocycles. The van der Waals surface area contributed by atoms with Crippen molar-refractivity contribution < 1.29 is 9.90 Å². The third-order valence-corrected chi connectivity index (χ3v) is 3.03. The van der Waals surface area contributed by atoms with Crippen molar-refractivity contribution in [3.63, 3.8) is 0 Å². The van der Waals surface area contributed by atoms with Crippen molar-refractivity contribution in [2.75, 3.05) is 0 Å². The van der Waals surface area contributed by atoms with E-state index in [1.807, 2.05) is 0 Å². The quantitative estimate of drug-likeness (QED) is 0.848. The molecule has 1 aromatic heterocycles. The van der Waals surface area contributed by atoms with Gasteiger partial charge in [-0.25, -0.2) is 4.79 Å². The first-order valence-corrected chi connectivity index (χ1v) is 5.25. The van der Waals surface area contributed by atoms with Gasteiger partial charge in [0.15, 0.2) is 0 Å². The molecule has 5 heteroatoms. The van der Waals surface area contributed by atoms with E-state index in [0.717, 1.165) is 0 Å². The van der Waals surface area contributed by atoms with Gasteiger partial charge in [0.25, 0.3) is 0 Å². The Hall–Kier alpha value is -1.32. The van der Waals surface area contributed by atoms with Gasteiger partial charge in [-0.05, 0) is 25.1 Å². The van der Waals surface area contributed by atoms with Crippen LogP contribution in [0.25, 0.3) is 10.9 Å². The molecule has 0 radical (unpaired) electrons. The van der Waals surface area contributed by atoms with Crippen LogP contribution in [-0.4, -0.2) is 16.1 Å². The predicted octanol–water partition coefficient (Wildman–Crippen LogP) is 3.55. The van der Waals surface area contributed by atoms with E-state index in [4.69, 9.17) is 28.3 Å². The van der Waals surface area contributed by atoms with Crippen molar-refractivity contribution in [2.24, 2.45) is 0 Å². The first kappa shape index (κ1) is 11.2. The SMILES string of the molecule is Cc1cc(C(=O)O)c2c(Cl)c(Cl)ccc2n1. The van der Waals surface area contributed by atoms with Crippen LogP contribution in [-0.2, 0) is 0 Å². The van der Waals surface area contributed by atoms with E-state index in [0.29, 0.717) is 21.6 Å². The summed E-state index contributed by atoms with van der Waals surface area (Å²) < 4.78 is 0. The molecule has 0 atom stereocenters. The van der Waals surface area contributed by atoms with Crippen LogP contribution in [0.3, 0.4) is 0 Å². The van der Waals surface area contributed by atoms with E-state index in [9.17, 15) is 4.79 Å². The number of rotatable bonds is 1. The molecule has 2 aromatic rings. The Labute approximate surface area is 102 Å². The van der Waals surface area contributed by atoms with Crippen LogP contribution in [0.5, 0.6) is 0 Å². The highest BCUT2D eigenvalue weighted by molar-refractivity contribution is 6.45. The van der Waals surface area contributed by atoms with E-state index >= 15 is 0 Å². The summed E-state index contributed by atoms with van der Waals surface area (Å²) in [6.07, 6.45) is 0. The average Bonchev–Trinajstić information content (AvgIpc) is 2.22. The minimum atomic E-state index is -1.04. The summed E-state index contributed by atoms with van der Waals surface area (Å²) in [7, 11) is 0. The second-order valence-corrected chi connectivity index (χ2v) is 4.16. The zero-order valence-electron chi connectivity index (χ0n) is 8.29. The number of hydrogen-bond acceptors (Lipinski definition) is 2. The van der Waals surface area contributed by atoms with Gasteiger partial charge in [-0.2, -0.15) is 0 Å². The Morgan fingerprint density at radius 2 is 2.06 bits per heavy atom. The fraction of sp³-hybridized carbons (Fsp3) is 0.0909. The van der Waals surface area contributed by atoms with Crippen LogP contribution >= 0.6 is 23.2 Å². The van der Waals surface area contributed by atoms with Gasteiger partial charge < -0.3 is 5.11 Å². The van der Waals surface area contributed by atoms with Crippen molar-refractivity contribution in [1.29, 1.82) is 0 Å². The van der Waals surface area contributed by atoms with Gasteiger partial charge in [0, 0.05) is 11.1 Å². The maximum absolute atomic E-state index is 11.1. The number of fused-ring (bicyclic) bond motifs is 1. The van der Waals surface area contributed by atoms with Gasteiger partial charge in [-0.15, -0.1) is 0 Å². The Kier molecular flexibility index (Phi) is 2.74. The van der Waals surface area contributed by atoms with Crippen molar-refractivity contribution >= 4 is 40.1 Å². The number of hydrogen-bond donors (Lipinski definition) is 1. The van der Waals surface area contributed by atoms with E-state index in [2.05, 4.69) is 4.98 Å². The Morgan fingerprint density at radius 3 is 2.69 bits per heavy atom. The number of nitrogens with zero attached hydrogens (tertiary/aromatic N) is 1. The summed E-state index contributed by atoms with van der Waals surface area (Å²) in [4.78, 5) is 15.3. The molecule has 1 heterocycles. The molecule has 0 spiro atoms. The van der Waals surface area contributed by atoms with E-state index in [1.54, 1.807) is 19.1 Å². The Bertz CT molecular complexity index is 596. The molecule has 0 saturated heterocycles. The summed E-state index contributed by atoms with van der Waals surface area (Å²) in [6, 6.07) is 4.74. The van der Waals surface area contributed by atoms with Crippen LogP contribution in [0.1, 0.15) is 16.1 Å².